The summed E-state index contributed by atoms with van der Waals surface area (Å²) in [5.41, 5.74) is 0. The van der Waals surface area contributed by atoms with Gasteiger partial charge in [-0.25, -0.2) is 4.98 Å². The van der Waals surface area contributed by atoms with Crippen LogP contribution in [0.5, 0.6) is 0 Å². The summed E-state index contributed by atoms with van der Waals surface area (Å²) < 4.78 is 0. The predicted molar refractivity (Wildman–Crippen MR) is 37.8 cm³/mol. The van der Waals surface area contributed by atoms with E-state index in [9.17, 15) is 5.11 Å². The standard InChI is InChI=1S/C6H10N4O/c11-4-1-5(7-2-4)6-8-3-9-10-6/h3-5,7,11H,1-2H2,(H,8,9,10). The van der Waals surface area contributed by atoms with Crippen molar-refractivity contribution < 1.29 is 5.11 Å². The zero-order valence-electron chi connectivity index (χ0n) is 5.99. The van der Waals surface area contributed by atoms with Gasteiger partial charge in [0.25, 0.3) is 0 Å². The SMILES string of the molecule is OC1CNC(c2ncn[nH]2)C1. The van der Waals surface area contributed by atoms with E-state index in [-0.39, 0.29) is 12.1 Å². The highest BCUT2D eigenvalue weighted by molar-refractivity contribution is 4.96. The van der Waals surface area contributed by atoms with Gasteiger partial charge in [0.2, 0.25) is 0 Å². The molecule has 1 aromatic rings. The van der Waals surface area contributed by atoms with Crippen molar-refractivity contribution in [1.29, 1.82) is 0 Å². The van der Waals surface area contributed by atoms with Crippen molar-refractivity contribution in [2.24, 2.45) is 0 Å². The number of nitrogens with one attached hydrogen (secondary N) is 2. The van der Waals surface area contributed by atoms with Crippen LogP contribution in [-0.2, 0) is 0 Å². The molecule has 2 unspecified atom stereocenters. The largest absolute Gasteiger partial charge is 0.392 e. The Hall–Kier alpha value is -0.940. The molecule has 0 spiro atoms. The third kappa shape index (κ3) is 1.24. The average Bonchev–Trinajstić information content (AvgIpc) is 2.55. The van der Waals surface area contributed by atoms with Crippen molar-refractivity contribution in [2.75, 3.05) is 6.54 Å². The number of aromatic nitrogens is 3. The molecule has 5 nitrogen and oxygen atoms in total. The fourth-order valence-electron chi connectivity index (χ4n) is 1.31. The van der Waals surface area contributed by atoms with Gasteiger partial charge in [-0.05, 0) is 6.42 Å². The van der Waals surface area contributed by atoms with Crippen LogP contribution in [-0.4, -0.2) is 32.9 Å². The van der Waals surface area contributed by atoms with Crippen molar-refractivity contribution >= 4 is 0 Å². The van der Waals surface area contributed by atoms with E-state index >= 15 is 0 Å². The smallest absolute Gasteiger partial charge is 0.141 e. The lowest BCUT2D eigenvalue weighted by molar-refractivity contribution is 0.193. The first-order chi connectivity index (χ1) is 5.36. The molecule has 2 rings (SSSR count). The van der Waals surface area contributed by atoms with Gasteiger partial charge in [0, 0.05) is 6.54 Å². The maximum Gasteiger partial charge on any atom is 0.141 e. The predicted octanol–water partition coefficient (Wildman–Crippen LogP) is -0.800. The van der Waals surface area contributed by atoms with Crippen LogP contribution in [0.1, 0.15) is 18.3 Å². The first-order valence-electron chi connectivity index (χ1n) is 3.63. The molecule has 1 fully saturated rings. The molecule has 5 heteroatoms. The van der Waals surface area contributed by atoms with Gasteiger partial charge in [-0.2, -0.15) is 5.10 Å². The van der Waals surface area contributed by atoms with Crippen LogP contribution in [0.15, 0.2) is 6.33 Å². The highest BCUT2D eigenvalue weighted by Gasteiger charge is 2.24. The molecule has 0 aliphatic carbocycles. The van der Waals surface area contributed by atoms with E-state index in [0.717, 1.165) is 12.2 Å². The van der Waals surface area contributed by atoms with Gasteiger partial charge in [0.15, 0.2) is 0 Å². The lowest BCUT2D eigenvalue weighted by Crippen LogP contribution is -2.15. The van der Waals surface area contributed by atoms with E-state index in [1.165, 1.54) is 6.33 Å². The van der Waals surface area contributed by atoms with Crippen LogP contribution >= 0.6 is 0 Å². The van der Waals surface area contributed by atoms with E-state index in [2.05, 4.69) is 20.5 Å². The Morgan fingerprint density at radius 1 is 1.64 bits per heavy atom. The van der Waals surface area contributed by atoms with E-state index in [1.807, 2.05) is 0 Å². The number of hydrogen-bond acceptors (Lipinski definition) is 4. The third-order valence-corrected chi connectivity index (χ3v) is 1.87. The third-order valence-electron chi connectivity index (χ3n) is 1.87. The Morgan fingerprint density at radius 2 is 2.55 bits per heavy atom. The Kier molecular flexibility index (Phi) is 1.59. The lowest BCUT2D eigenvalue weighted by Gasteiger charge is -2.03. The van der Waals surface area contributed by atoms with Crippen LogP contribution in [0, 0.1) is 0 Å². The second kappa shape index (κ2) is 2.60. The van der Waals surface area contributed by atoms with Gasteiger partial charge in [-0.15, -0.1) is 0 Å². The van der Waals surface area contributed by atoms with Crippen LogP contribution < -0.4 is 5.32 Å². The number of H-pyrrole nitrogens is 1. The monoisotopic (exact) mass is 154 g/mol. The minimum Gasteiger partial charge on any atom is -0.392 e. The molecule has 1 aliphatic rings. The Morgan fingerprint density at radius 3 is 3.09 bits per heavy atom. The second-order valence-corrected chi connectivity index (χ2v) is 2.72. The highest BCUT2D eigenvalue weighted by Crippen LogP contribution is 2.18. The fourth-order valence-corrected chi connectivity index (χ4v) is 1.31. The van der Waals surface area contributed by atoms with Crippen LogP contribution in [0.25, 0.3) is 0 Å². The van der Waals surface area contributed by atoms with Crippen molar-refractivity contribution in [3.63, 3.8) is 0 Å². The van der Waals surface area contributed by atoms with Gasteiger partial charge < -0.3 is 10.4 Å². The van der Waals surface area contributed by atoms with Gasteiger partial charge in [0.05, 0.1) is 12.1 Å². The summed E-state index contributed by atoms with van der Waals surface area (Å²) in [5, 5.41) is 18.8. The zero-order valence-corrected chi connectivity index (χ0v) is 5.99. The fraction of sp³-hybridized carbons (Fsp3) is 0.667. The number of nitrogens with zero attached hydrogens (tertiary/aromatic N) is 2. The van der Waals surface area contributed by atoms with Crippen molar-refractivity contribution in [3.05, 3.63) is 12.2 Å². The first kappa shape index (κ1) is 6.75. The second-order valence-electron chi connectivity index (χ2n) is 2.72. The summed E-state index contributed by atoms with van der Waals surface area (Å²) in [6.07, 6.45) is 1.95. The Bertz CT molecular complexity index is 222. The van der Waals surface area contributed by atoms with E-state index in [4.69, 9.17) is 0 Å². The van der Waals surface area contributed by atoms with Crippen LogP contribution in [0.3, 0.4) is 0 Å². The maximum absolute atomic E-state index is 9.17. The Balaban J connectivity index is 2.08. The summed E-state index contributed by atoms with van der Waals surface area (Å²) in [5.74, 6) is 0.807. The van der Waals surface area contributed by atoms with Crippen molar-refractivity contribution in [1.82, 2.24) is 20.5 Å². The van der Waals surface area contributed by atoms with E-state index in [1.54, 1.807) is 0 Å². The van der Waals surface area contributed by atoms with Gasteiger partial charge in [0.1, 0.15) is 12.2 Å². The van der Waals surface area contributed by atoms with Gasteiger partial charge >= 0.3 is 0 Å². The highest BCUT2D eigenvalue weighted by atomic mass is 16.3. The maximum atomic E-state index is 9.17. The summed E-state index contributed by atoms with van der Waals surface area (Å²) in [6, 6.07) is 0.146. The van der Waals surface area contributed by atoms with Crippen molar-refractivity contribution in [2.45, 2.75) is 18.6 Å². The topological polar surface area (TPSA) is 73.8 Å². The summed E-state index contributed by atoms with van der Waals surface area (Å²) in [6.45, 7) is 0.644. The molecule has 1 saturated heterocycles. The summed E-state index contributed by atoms with van der Waals surface area (Å²) >= 11 is 0. The zero-order chi connectivity index (χ0) is 7.68. The minimum absolute atomic E-state index is 0.146. The molecule has 2 atom stereocenters. The van der Waals surface area contributed by atoms with Crippen LogP contribution in [0.4, 0.5) is 0 Å². The Labute approximate surface area is 63.8 Å². The molecule has 2 heterocycles. The summed E-state index contributed by atoms with van der Waals surface area (Å²) in [7, 11) is 0. The average molecular weight is 154 g/mol. The molecule has 11 heavy (non-hydrogen) atoms. The molecule has 0 saturated carbocycles. The lowest BCUT2D eigenvalue weighted by atomic mass is 10.2. The molecule has 0 bridgehead atoms. The van der Waals surface area contributed by atoms with Crippen LogP contribution in [0.2, 0.25) is 0 Å². The molecule has 60 valence electrons. The molecule has 0 radical (unpaired) electrons. The normalized spacial score (nSPS) is 31.0. The quantitative estimate of drug-likeness (QED) is 0.495. The molecule has 3 N–H and O–H groups in total. The van der Waals surface area contributed by atoms with Gasteiger partial charge in [-0.1, -0.05) is 0 Å². The molecule has 1 aromatic heterocycles. The minimum atomic E-state index is -0.245. The number of rotatable bonds is 1. The summed E-state index contributed by atoms with van der Waals surface area (Å²) in [4.78, 5) is 3.99. The number of aromatic amines is 1. The molecular weight excluding hydrogens is 144 g/mol. The number of aliphatic hydroxyl groups excluding tert-OH is 1. The van der Waals surface area contributed by atoms with Crippen molar-refractivity contribution in [3.8, 4) is 0 Å². The molecule has 1 aliphatic heterocycles. The van der Waals surface area contributed by atoms with Gasteiger partial charge in [-0.3, -0.25) is 5.10 Å². The molecule has 0 aromatic carbocycles. The number of β-amino-alcohol motifs (C(OH)–C–C–N with tert-alkyl or cyclic N) is 1. The number of hydrogen-bond donors (Lipinski definition) is 3. The van der Waals surface area contributed by atoms with E-state index in [0.29, 0.717) is 6.54 Å². The van der Waals surface area contributed by atoms with E-state index < -0.39 is 0 Å². The first-order valence-corrected chi connectivity index (χ1v) is 3.63. The number of aliphatic hydroxyl groups is 1. The molecule has 0 amide bonds. The molecular formula is C6H10N4O.